The molecule has 1 aromatic rings. The van der Waals surface area contributed by atoms with E-state index in [0.717, 1.165) is 6.54 Å². The molecule has 0 radical (unpaired) electrons. The van der Waals surface area contributed by atoms with Gasteiger partial charge in [0, 0.05) is 19.0 Å². The van der Waals surface area contributed by atoms with Crippen molar-refractivity contribution in [1.82, 2.24) is 5.32 Å². The molecular formula is C19H29NO2. The molecule has 0 saturated carbocycles. The van der Waals surface area contributed by atoms with Crippen LogP contribution in [-0.2, 0) is 14.9 Å². The molecule has 0 spiro atoms. The standard InChI is InChI=1S/C19H29NO2/c1-18(2,3)14-9-7-13(8-10-14)15-11-20-12-16(15)17(21)22-19(4,5)6/h7-10,15-16,20H,11-12H2,1-6H3/t15-,16+/m0/s1. The van der Waals surface area contributed by atoms with Crippen molar-refractivity contribution in [2.45, 2.75) is 58.5 Å². The SMILES string of the molecule is CC(C)(C)OC(=O)[C@@H]1CNC[C@H]1c1ccc(C(C)(C)C)cc1. The van der Waals surface area contributed by atoms with E-state index in [9.17, 15) is 4.79 Å². The molecule has 1 fully saturated rings. The molecule has 0 aromatic heterocycles. The highest BCUT2D eigenvalue weighted by atomic mass is 16.6. The van der Waals surface area contributed by atoms with Crippen LogP contribution in [0.25, 0.3) is 0 Å². The van der Waals surface area contributed by atoms with Crippen LogP contribution in [0.1, 0.15) is 58.6 Å². The molecule has 2 atom stereocenters. The number of nitrogens with one attached hydrogen (secondary N) is 1. The number of esters is 1. The van der Waals surface area contributed by atoms with Gasteiger partial charge in [-0.3, -0.25) is 4.79 Å². The van der Waals surface area contributed by atoms with E-state index in [-0.39, 0.29) is 23.2 Å². The first-order valence-corrected chi connectivity index (χ1v) is 8.12. The third-order valence-corrected chi connectivity index (χ3v) is 4.13. The maximum absolute atomic E-state index is 12.4. The first kappa shape index (κ1) is 17.0. The quantitative estimate of drug-likeness (QED) is 0.848. The molecule has 1 aliphatic heterocycles. The highest BCUT2D eigenvalue weighted by Gasteiger charge is 2.36. The van der Waals surface area contributed by atoms with Crippen molar-refractivity contribution in [3.63, 3.8) is 0 Å². The second-order valence-electron chi connectivity index (χ2n) is 8.28. The lowest BCUT2D eigenvalue weighted by molar-refractivity contribution is -0.159. The van der Waals surface area contributed by atoms with Gasteiger partial charge in [-0.05, 0) is 37.3 Å². The van der Waals surface area contributed by atoms with Gasteiger partial charge >= 0.3 is 5.97 Å². The molecule has 3 nitrogen and oxygen atoms in total. The predicted molar refractivity (Wildman–Crippen MR) is 90.1 cm³/mol. The number of benzene rings is 1. The summed E-state index contributed by atoms with van der Waals surface area (Å²) >= 11 is 0. The maximum Gasteiger partial charge on any atom is 0.311 e. The van der Waals surface area contributed by atoms with Crippen LogP contribution in [0.2, 0.25) is 0 Å². The first-order valence-electron chi connectivity index (χ1n) is 8.12. The number of hydrogen-bond acceptors (Lipinski definition) is 3. The molecule has 1 aromatic carbocycles. The maximum atomic E-state index is 12.4. The van der Waals surface area contributed by atoms with Crippen LogP contribution in [0.15, 0.2) is 24.3 Å². The highest BCUT2D eigenvalue weighted by molar-refractivity contribution is 5.75. The molecule has 1 saturated heterocycles. The molecule has 1 heterocycles. The van der Waals surface area contributed by atoms with Crippen LogP contribution in [0.4, 0.5) is 0 Å². The molecule has 3 heteroatoms. The van der Waals surface area contributed by atoms with Crippen molar-refractivity contribution in [2.75, 3.05) is 13.1 Å². The van der Waals surface area contributed by atoms with Gasteiger partial charge in [0.05, 0.1) is 5.92 Å². The summed E-state index contributed by atoms with van der Waals surface area (Å²) in [6.07, 6.45) is 0. The summed E-state index contributed by atoms with van der Waals surface area (Å²) in [7, 11) is 0. The van der Waals surface area contributed by atoms with E-state index in [1.54, 1.807) is 0 Å². The van der Waals surface area contributed by atoms with E-state index < -0.39 is 5.60 Å². The Morgan fingerprint density at radius 3 is 2.14 bits per heavy atom. The zero-order valence-electron chi connectivity index (χ0n) is 14.7. The third-order valence-electron chi connectivity index (χ3n) is 4.13. The first-order chi connectivity index (χ1) is 10.1. The predicted octanol–water partition coefficient (Wildman–Crippen LogP) is 3.63. The van der Waals surface area contributed by atoms with Crippen LogP contribution >= 0.6 is 0 Å². The van der Waals surface area contributed by atoms with Crippen molar-refractivity contribution in [2.24, 2.45) is 5.92 Å². The van der Waals surface area contributed by atoms with Crippen molar-refractivity contribution in [3.05, 3.63) is 35.4 Å². The molecule has 0 aliphatic carbocycles. The summed E-state index contributed by atoms with van der Waals surface area (Å²) in [5.41, 5.74) is 2.25. The fourth-order valence-electron chi connectivity index (χ4n) is 2.88. The van der Waals surface area contributed by atoms with Gasteiger partial charge in [0.2, 0.25) is 0 Å². The average molecular weight is 303 g/mol. The van der Waals surface area contributed by atoms with Crippen LogP contribution in [0.3, 0.4) is 0 Å². The van der Waals surface area contributed by atoms with Gasteiger partial charge in [-0.25, -0.2) is 0 Å². The van der Waals surface area contributed by atoms with E-state index in [1.807, 2.05) is 20.8 Å². The molecule has 0 amide bonds. The van der Waals surface area contributed by atoms with Gasteiger partial charge in [-0.2, -0.15) is 0 Å². The van der Waals surface area contributed by atoms with E-state index >= 15 is 0 Å². The van der Waals surface area contributed by atoms with Crippen LogP contribution < -0.4 is 5.32 Å². The number of carbonyl (C=O) groups is 1. The largest absolute Gasteiger partial charge is 0.460 e. The van der Waals surface area contributed by atoms with Gasteiger partial charge in [0.1, 0.15) is 5.60 Å². The van der Waals surface area contributed by atoms with Crippen molar-refractivity contribution >= 4 is 5.97 Å². The second kappa shape index (κ2) is 6.04. The Bertz CT molecular complexity index is 520. The van der Waals surface area contributed by atoms with E-state index in [1.165, 1.54) is 11.1 Å². The Morgan fingerprint density at radius 1 is 1.05 bits per heavy atom. The third kappa shape index (κ3) is 4.10. The topological polar surface area (TPSA) is 38.3 Å². The minimum Gasteiger partial charge on any atom is -0.460 e. The van der Waals surface area contributed by atoms with E-state index in [2.05, 4.69) is 50.4 Å². The van der Waals surface area contributed by atoms with E-state index in [4.69, 9.17) is 4.74 Å². The van der Waals surface area contributed by atoms with Crippen molar-refractivity contribution < 1.29 is 9.53 Å². The minimum absolute atomic E-state index is 0.0950. The zero-order valence-corrected chi connectivity index (χ0v) is 14.7. The van der Waals surface area contributed by atoms with Crippen molar-refractivity contribution in [1.29, 1.82) is 0 Å². The van der Waals surface area contributed by atoms with E-state index in [0.29, 0.717) is 6.54 Å². The Labute approximate surface area is 134 Å². The number of hydrogen-bond donors (Lipinski definition) is 1. The van der Waals surface area contributed by atoms with Gasteiger partial charge in [-0.1, -0.05) is 45.0 Å². The molecular weight excluding hydrogens is 274 g/mol. The molecule has 2 rings (SSSR count). The zero-order chi connectivity index (χ0) is 16.5. The molecule has 22 heavy (non-hydrogen) atoms. The Hall–Kier alpha value is -1.35. The lowest BCUT2D eigenvalue weighted by atomic mass is 9.83. The van der Waals surface area contributed by atoms with Gasteiger partial charge < -0.3 is 10.1 Å². The average Bonchev–Trinajstić information content (AvgIpc) is 2.85. The Morgan fingerprint density at radius 2 is 1.64 bits per heavy atom. The molecule has 0 bridgehead atoms. The highest BCUT2D eigenvalue weighted by Crippen LogP contribution is 2.32. The lowest BCUT2D eigenvalue weighted by Crippen LogP contribution is -2.31. The van der Waals surface area contributed by atoms with Gasteiger partial charge in [-0.15, -0.1) is 0 Å². The summed E-state index contributed by atoms with van der Waals surface area (Å²) in [6, 6.07) is 8.69. The number of ether oxygens (including phenoxy) is 1. The Balaban J connectivity index is 2.15. The molecule has 0 unspecified atom stereocenters. The molecule has 122 valence electrons. The number of carbonyl (C=O) groups excluding carboxylic acids is 1. The van der Waals surface area contributed by atoms with Crippen LogP contribution in [0, 0.1) is 5.92 Å². The normalized spacial score (nSPS) is 22.6. The van der Waals surface area contributed by atoms with Gasteiger partial charge in [0.25, 0.3) is 0 Å². The smallest absolute Gasteiger partial charge is 0.311 e. The summed E-state index contributed by atoms with van der Waals surface area (Å²) in [5.74, 6) is 0.00554. The lowest BCUT2D eigenvalue weighted by Gasteiger charge is -2.25. The summed E-state index contributed by atoms with van der Waals surface area (Å²) in [6.45, 7) is 13.9. The summed E-state index contributed by atoms with van der Waals surface area (Å²) < 4.78 is 5.57. The fraction of sp³-hybridized carbons (Fsp3) is 0.632. The molecule has 1 aliphatic rings. The van der Waals surface area contributed by atoms with Gasteiger partial charge in [0.15, 0.2) is 0 Å². The Kier molecular flexibility index (Phi) is 4.67. The monoisotopic (exact) mass is 303 g/mol. The minimum atomic E-state index is -0.430. The number of rotatable bonds is 2. The molecule has 1 N–H and O–H groups in total. The summed E-state index contributed by atoms with van der Waals surface area (Å²) in [5, 5.41) is 3.33. The fourth-order valence-corrected chi connectivity index (χ4v) is 2.88. The van der Waals surface area contributed by atoms with Crippen molar-refractivity contribution in [3.8, 4) is 0 Å². The summed E-state index contributed by atoms with van der Waals surface area (Å²) in [4.78, 5) is 12.4. The van der Waals surface area contributed by atoms with Crippen LogP contribution in [0.5, 0.6) is 0 Å². The van der Waals surface area contributed by atoms with Crippen LogP contribution in [-0.4, -0.2) is 24.7 Å². The second-order valence-corrected chi connectivity index (χ2v) is 8.28.